The molecule has 1 aromatic rings. The van der Waals surface area contributed by atoms with Crippen LogP contribution in [0.25, 0.3) is 0 Å². The van der Waals surface area contributed by atoms with Crippen molar-refractivity contribution in [2.75, 3.05) is 0 Å². The second-order valence-corrected chi connectivity index (χ2v) is 4.39. The molecule has 2 unspecified atom stereocenters. The van der Waals surface area contributed by atoms with Crippen LogP contribution >= 0.6 is 0 Å². The van der Waals surface area contributed by atoms with E-state index in [1.165, 1.54) is 5.56 Å². The van der Waals surface area contributed by atoms with Gasteiger partial charge in [-0.2, -0.15) is 5.10 Å². The molecule has 1 saturated carbocycles. The van der Waals surface area contributed by atoms with Crippen LogP contribution in [0.4, 0.5) is 0 Å². The first-order valence-electron chi connectivity index (χ1n) is 5.05. The number of nitrogens with zero attached hydrogens (tertiary/aromatic N) is 2. The summed E-state index contributed by atoms with van der Waals surface area (Å²) < 4.78 is 0. The van der Waals surface area contributed by atoms with Gasteiger partial charge in [-0.15, -0.1) is 0 Å². The molecule has 14 heavy (non-hydrogen) atoms. The van der Waals surface area contributed by atoms with Gasteiger partial charge in [-0.1, -0.05) is 6.92 Å². The predicted molar refractivity (Wildman–Crippen MR) is 50.1 cm³/mol. The third kappa shape index (κ3) is 1.06. The molecule has 0 aromatic carbocycles. The minimum atomic E-state index is 0.298. The average Bonchev–Trinajstić information content (AvgIpc) is 2.62. The molecule has 1 N–H and O–H groups in total. The van der Waals surface area contributed by atoms with E-state index in [9.17, 15) is 4.79 Å². The molecule has 1 amide bonds. The summed E-state index contributed by atoms with van der Waals surface area (Å²) in [6.45, 7) is 3.60. The Morgan fingerprint density at radius 3 is 3.07 bits per heavy atom. The topological polar surface area (TPSA) is 49.0 Å². The standard InChI is InChI=1S/C10H13N3O/c1-6-2-8(6)10(14)13-4-7-3-11-12-9(7)5-13/h3,6,8H,2,4-5H2,1H3,(H,11,12). The van der Waals surface area contributed by atoms with Crippen molar-refractivity contribution in [1.29, 1.82) is 0 Å². The van der Waals surface area contributed by atoms with Crippen molar-refractivity contribution in [2.24, 2.45) is 11.8 Å². The molecule has 1 aliphatic carbocycles. The number of aromatic nitrogens is 2. The van der Waals surface area contributed by atoms with Crippen molar-refractivity contribution in [2.45, 2.75) is 26.4 Å². The maximum Gasteiger partial charge on any atom is 0.226 e. The van der Waals surface area contributed by atoms with Gasteiger partial charge < -0.3 is 4.90 Å². The molecule has 0 saturated heterocycles. The van der Waals surface area contributed by atoms with Gasteiger partial charge in [0.25, 0.3) is 0 Å². The van der Waals surface area contributed by atoms with Crippen LogP contribution in [0.2, 0.25) is 0 Å². The van der Waals surface area contributed by atoms with Crippen LogP contribution in [0.15, 0.2) is 6.20 Å². The molecule has 0 radical (unpaired) electrons. The molecular formula is C10H13N3O. The summed E-state index contributed by atoms with van der Waals surface area (Å²) in [5.74, 6) is 1.22. The second kappa shape index (κ2) is 2.59. The van der Waals surface area contributed by atoms with E-state index in [2.05, 4.69) is 17.1 Å². The average molecular weight is 191 g/mol. The van der Waals surface area contributed by atoms with E-state index >= 15 is 0 Å². The summed E-state index contributed by atoms with van der Waals surface area (Å²) >= 11 is 0. The lowest BCUT2D eigenvalue weighted by Gasteiger charge is -2.14. The van der Waals surface area contributed by atoms with E-state index in [0.29, 0.717) is 17.7 Å². The Balaban J connectivity index is 1.73. The number of fused-ring (bicyclic) bond motifs is 1. The van der Waals surface area contributed by atoms with Crippen LogP contribution in [-0.4, -0.2) is 21.0 Å². The lowest BCUT2D eigenvalue weighted by Crippen LogP contribution is -2.27. The number of carbonyl (C=O) groups excluding carboxylic acids is 1. The van der Waals surface area contributed by atoms with E-state index < -0.39 is 0 Å². The Kier molecular flexibility index (Phi) is 1.48. The summed E-state index contributed by atoms with van der Waals surface area (Å²) in [5, 5.41) is 6.88. The van der Waals surface area contributed by atoms with Gasteiger partial charge in [-0.25, -0.2) is 0 Å². The van der Waals surface area contributed by atoms with E-state index in [-0.39, 0.29) is 0 Å². The van der Waals surface area contributed by atoms with Gasteiger partial charge in [0, 0.05) is 18.0 Å². The van der Waals surface area contributed by atoms with Gasteiger partial charge >= 0.3 is 0 Å². The van der Waals surface area contributed by atoms with Crippen LogP contribution in [0.3, 0.4) is 0 Å². The fourth-order valence-electron chi connectivity index (χ4n) is 2.12. The molecule has 74 valence electrons. The molecule has 4 heteroatoms. The summed E-state index contributed by atoms with van der Waals surface area (Å²) in [4.78, 5) is 13.8. The SMILES string of the molecule is CC1CC1C(=O)N1Cc2cn[nH]c2C1. The first-order valence-corrected chi connectivity index (χ1v) is 5.05. The zero-order chi connectivity index (χ0) is 9.71. The Morgan fingerprint density at radius 1 is 1.64 bits per heavy atom. The van der Waals surface area contributed by atoms with E-state index in [4.69, 9.17) is 0 Å². The van der Waals surface area contributed by atoms with Crippen LogP contribution < -0.4 is 0 Å². The number of aromatic amines is 1. The third-order valence-electron chi connectivity index (χ3n) is 3.26. The van der Waals surface area contributed by atoms with Gasteiger partial charge in [-0.05, 0) is 12.3 Å². The summed E-state index contributed by atoms with van der Waals surface area (Å²) in [6.07, 6.45) is 2.89. The monoisotopic (exact) mass is 191 g/mol. The molecule has 1 aromatic heterocycles. The maximum atomic E-state index is 11.9. The molecule has 1 fully saturated rings. The van der Waals surface area contributed by atoms with Crippen molar-refractivity contribution < 1.29 is 4.79 Å². The Morgan fingerprint density at radius 2 is 2.43 bits per heavy atom. The third-order valence-corrected chi connectivity index (χ3v) is 3.26. The quantitative estimate of drug-likeness (QED) is 0.717. The van der Waals surface area contributed by atoms with Crippen LogP contribution in [0, 0.1) is 11.8 Å². The number of hydrogen-bond donors (Lipinski definition) is 1. The highest BCUT2D eigenvalue weighted by Crippen LogP contribution is 2.40. The van der Waals surface area contributed by atoms with Gasteiger partial charge in [0.05, 0.1) is 18.4 Å². The van der Waals surface area contributed by atoms with Crippen molar-refractivity contribution in [3.63, 3.8) is 0 Å². The predicted octanol–water partition coefficient (Wildman–Crippen LogP) is 0.908. The number of hydrogen-bond acceptors (Lipinski definition) is 2. The molecule has 2 aliphatic rings. The van der Waals surface area contributed by atoms with Crippen molar-refractivity contribution >= 4 is 5.91 Å². The highest BCUT2D eigenvalue weighted by atomic mass is 16.2. The first kappa shape index (κ1) is 8.03. The summed E-state index contributed by atoms with van der Waals surface area (Å²) in [5.41, 5.74) is 2.28. The first-order chi connectivity index (χ1) is 6.75. The normalized spacial score (nSPS) is 29.1. The minimum Gasteiger partial charge on any atom is -0.332 e. The van der Waals surface area contributed by atoms with Crippen molar-refractivity contribution in [3.8, 4) is 0 Å². The van der Waals surface area contributed by atoms with E-state index in [0.717, 1.165) is 25.2 Å². The number of rotatable bonds is 1. The molecule has 3 rings (SSSR count). The smallest absolute Gasteiger partial charge is 0.226 e. The zero-order valence-electron chi connectivity index (χ0n) is 8.16. The lowest BCUT2D eigenvalue weighted by atomic mass is 10.3. The van der Waals surface area contributed by atoms with Crippen LogP contribution in [0.5, 0.6) is 0 Å². The molecule has 2 heterocycles. The fourth-order valence-corrected chi connectivity index (χ4v) is 2.12. The summed E-state index contributed by atoms with van der Waals surface area (Å²) in [6, 6.07) is 0. The molecule has 4 nitrogen and oxygen atoms in total. The number of amides is 1. The number of carbonyl (C=O) groups is 1. The Bertz CT molecular complexity index is 364. The van der Waals surface area contributed by atoms with Crippen LogP contribution in [-0.2, 0) is 17.9 Å². The second-order valence-electron chi connectivity index (χ2n) is 4.39. The van der Waals surface area contributed by atoms with E-state index in [1.54, 1.807) is 0 Å². The summed E-state index contributed by atoms with van der Waals surface area (Å²) in [7, 11) is 0. The van der Waals surface area contributed by atoms with Gasteiger partial charge in [0.2, 0.25) is 5.91 Å². The van der Waals surface area contributed by atoms with Gasteiger partial charge in [0.15, 0.2) is 0 Å². The molecular weight excluding hydrogens is 178 g/mol. The molecule has 0 bridgehead atoms. The highest BCUT2D eigenvalue weighted by Gasteiger charge is 2.42. The van der Waals surface area contributed by atoms with Crippen LogP contribution in [0.1, 0.15) is 24.6 Å². The number of H-pyrrole nitrogens is 1. The zero-order valence-corrected chi connectivity index (χ0v) is 8.16. The molecule has 1 aliphatic heterocycles. The number of nitrogens with one attached hydrogen (secondary N) is 1. The largest absolute Gasteiger partial charge is 0.332 e. The lowest BCUT2D eigenvalue weighted by molar-refractivity contribution is -0.133. The van der Waals surface area contributed by atoms with E-state index in [1.807, 2.05) is 11.1 Å². The highest BCUT2D eigenvalue weighted by molar-refractivity contribution is 5.82. The maximum absolute atomic E-state index is 11.9. The Labute approximate surface area is 82.3 Å². The van der Waals surface area contributed by atoms with Crippen molar-refractivity contribution in [3.05, 3.63) is 17.5 Å². The minimum absolute atomic E-state index is 0.298. The molecule has 0 spiro atoms. The van der Waals surface area contributed by atoms with Gasteiger partial charge in [-0.3, -0.25) is 9.89 Å². The van der Waals surface area contributed by atoms with Gasteiger partial charge in [0.1, 0.15) is 0 Å². The fraction of sp³-hybridized carbons (Fsp3) is 0.600. The van der Waals surface area contributed by atoms with Crippen molar-refractivity contribution in [1.82, 2.24) is 15.1 Å². The molecule has 2 atom stereocenters. The Hall–Kier alpha value is -1.32.